The summed E-state index contributed by atoms with van der Waals surface area (Å²) < 4.78 is 0.589. The van der Waals surface area contributed by atoms with E-state index in [1.54, 1.807) is 17.4 Å². The number of carbonyl (C=O) groups excluding carboxylic acids is 1. The Hall–Kier alpha value is -1.86. The predicted octanol–water partition coefficient (Wildman–Crippen LogP) is 3.53. The van der Waals surface area contributed by atoms with Gasteiger partial charge in [-0.05, 0) is 29.6 Å². The molecular formula is C13H11BrN2O3S. The number of aromatic carboxylic acids is 1. The molecule has 3 N–H and O–H groups in total. The number of thiophene rings is 1. The van der Waals surface area contributed by atoms with E-state index in [0.29, 0.717) is 16.7 Å². The van der Waals surface area contributed by atoms with Crippen molar-refractivity contribution in [3.8, 4) is 0 Å². The number of hydrogen-bond acceptors (Lipinski definition) is 3. The van der Waals surface area contributed by atoms with E-state index in [-0.39, 0.29) is 11.6 Å². The third kappa shape index (κ3) is 4.07. The van der Waals surface area contributed by atoms with Crippen LogP contribution in [0.2, 0.25) is 0 Å². The Morgan fingerprint density at radius 1 is 1.30 bits per heavy atom. The second-order valence-electron chi connectivity index (χ2n) is 3.92. The number of benzene rings is 1. The molecule has 0 aliphatic carbocycles. The predicted molar refractivity (Wildman–Crippen MR) is 81.3 cm³/mol. The highest BCUT2D eigenvalue weighted by atomic mass is 79.9. The summed E-state index contributed by atoms with van der Waals surface area (Å²) >= 11 is 4.76. The zero-order valence-electron chi connectivity index (χ0n) is 10.2. The maximum absolute atomic E-state index is 11.7. The molecular weight excluding hydrogens is 344 g/mol. The molecule has 0 bridgehead atoms. The molecule has 0 saturated carbocycles. The molecule has 0 radical (unpaired) electrons. The van der Waals surface area contributed by atoms with Crippen LogP contribution in [-0.2, 0) is 6.54 Å². The van der Waals surface area contributed by atoms with Gasteiger partial charge in [0.05, 0.1) is 12.1 Å². The standard InChI is InChI=1S/C13H11BrN2O3S/c14-9-4-8(12(17)18)5-10(6-9)16-13(19)15-7-11-2-1-3-20-11/h1-6H,7H2,(H,17,18)(H2,15,16,19). The number of anilines is 1. The van der Waals surface area contributed by atoms with Crippen molar-refractivity contribution >= 4 is 45.0 Å². The highest BCUT2D eigenvalue weighted by Crippen LogP contribution is 2.19. The van der Waals surface area contributed by atoms with Crippen LogP contribution in [0, 0.1) is 0 Å². The lowest BCUT2D eigenvalue weighted by atomic mass is 10.2. The highest BCUT2D eigenvalue weighted by Gasteiger charge is 2.08. The fourth-order valence-corrected chi connectivity index (χ4v) is 2.68. The van der Waals surface area contributed by atoms with Crippen LogP contribution < -0.4 is 10.6 Å². The van der Waals surface area contributed by atoms with Gasteiger partial charge in [0.1, 0.15) is 0 Å². The largest absolute Gasteiger partial charge is 0.478 e. The summed E-state index contributed by atoms with van der Waals surface area (Å²) in [6, 6.07) is 7.96. The normalized spacial score (nSPS) is 10.1. The van der Waals surface area contributed by atoms with Gasteiger partial charge in [-0.3, -0.25) is 0 Å². The first-order valence-electron chi connectivity index (χ1n) is 5.66. The van der Waals surface area contributed by atoms with Crippen LogP contribution in [0.4, 0.5) is 10.5 Å². The van der Waals surface area contributed by atoms with E-state index in [2.05, 4.69) is 26.6 Å². The van der Waals surface area contributed by atoms with Crippen molar-refractivity contribution in [1.82, 2.24) is 5.32 Å². The number of halogens is 1. The van der Waals surface area contributed by atoms with E-state index in [1.165, 1.54) is 12.1 Å². The second kappa shape index (κ2) is 6.53. The van der Waals surface area contributed by atoms with Gasteiger partial charge >= 0.3 is 12.0 Å². The maximum atomic E-state index is 11.7. The molecule has 7 heteroatoms. The van der Waals surface area contributed by atoms with Gasteiger partial charge in [0.15, 0.2) is 0 Å². The lowest BCUT2D eigenvalue weighted by Gasteiger charge is -2.08. The number of amides is 2. The lowest BCUT2D eigenvalue weighted by Crippen LogP contribution is -2.27. The van der Waals surface area contributed by atoms with Gasteiger partial charge in [0.25, 0.3) is 0 Å². The Bertz CT molecular complexity index is 629. The Labute approximate surface area is 127 Å². The summed E-state index contributed by atoms with van der Waals surface area (Å²) in [5, 5.41) is 16.2. The highest BCUT2D eigenvalue weighted by molar-refractivity contribution is 9.10. The molecule has 0 atom stereocenters. The van der Waals surface area contributed by atoms with E-state index < -0.39 is 5.97 Å². The summed E-state index contributed by atoms with van der Waals surface area (Å²) in [5.74, 6) is -1.05. The molecule has 1 heterocycles. The minimum atomic E-state index is -1.05. The minimum absolute atomic E-state index is 0.105. The molecule has 0 fully saturated rings. The SMILES string of the molecule is O=C(NCc1cccs1)Nc1cc(Br)cc(C(=O)O)c1. The number of hydrogen-bond donors (Lipinski definition) is 3. The van der Waals surface area contributed by atoms with Crippen LogP contribution in [0.15, 0.2) is 40.2 Å². The van der Waals surface area contributed by atoms with Gasteiger partial charge in [-0.25, -0.2) is 9.59 Å². The first-order valence-corrected chi connectivity index (χ1v) is 7.33. The van der Waals surface area contributed by atoms with Gasteiger partial charge < -0.3 is 15.7 Å². The summed E-state index contributed by atoms with van der Waals surface area (Å²) in [6.45, 7) is 0.434. The van der Waals surface area contributed by atoms with Crippen LogP contribution in [0.25, 0.3) is 0 Å². The Balaban J connectivity index is 1.98. The van der Waals surface area contributed by atoms with Gasteiger partial charge in [0.2, 0.25) is 0 Å². The third-order valence-electron chi connectivity index (χ3n) is 2.41. The number of urea groups is 1. The topological polar surface area (TPSA) is 78.4 Å². The molecule has 104 valence electrons. The Kier molecular flexibility index (Phi) is 4.75. The average molecular weight is 355 g/mol. The van der Waals surface area contributed by atoms with Crippen molar-refractivity contribution in [2.45, 2.75) is 6.54 Å². The Morgan fingerprint density at radius 2 is 2.10 bits per heavy atom. The third-order valence-corrected chi connectivity index (χ3v) is 3.74. The number of carboxylic acid groups (broad SMARTS) is 1. The van der Waals surface area contributed by atoms with Gasteiger partial charge in [-0.15, -0.1) is 11.3 Å². The zero-order chi connectivity index (χ0) is 14.5. The minimum Gasteiger partial charge on any atom is -0.478 e. The van der Waals surface area contributed by atoms with Crippen molar-refractivity contribution in [2.24, 2.45) is 0 Å². The summed E-state index contributed by atoms with van der Waals surface area (Å²) in [6.07, 6.45) is 0. The molecule has 2 rings (SSSR count). The maximum Gasteiger partial charge on any atom is 0.335 e. The summed E-state index contributed by atoms with van der Waals surface area (Å²) in [7, 11) is 0. The molecule has 5 nitrogen and oxygen atoms in total. The molecule has 0 saturated heterocycles. The van der Waals surface area contributed by atoms with E-state index in [4.69, 9.17) is 5.11 Å². The monoisotopic (exact) mass is 354 g/mol. The average Bonchev–Trinajstić information content (AvgIpc) is 2.88. The molecule has 1 aromatic carbocycles. The zero-order valence-corrected chi connectivity index (χ0v) is 12.6. The molecule has 0 aliphatic rings. The van der Waals surface area contributed by atoms with Crippen molar-refractivity contribution < 1.29 is 14.7 Å². The molecule has 1 aromatic heterocycles. The van der Waals surface area contributed by atoms with Gasteiger partial charge in [-0.2, -0.15) is 0 Å². The van der Waals surface area contributed by atoms with Crippen molar-refractivity contribution in [2.75, 3.05) is 5.32 Å². The lowest BCUT2D eigenvalue weighted by molar-refractivity contribution is 0.0697. The fourth-order valence-electron chi connectivity index (χ4n) is 1.54. The van der Waals surface area contributed by atoms with Gasteiger partial charge in [-0.1, -0.05) is 22.0 Å². The first-order chi connectivity index (χ1) is 9.54. The molecule has 0 spiro atoms. The number of carboxylic acids is 1. The summed E-state index contributed by atoms with van der Waals surface area (Å²) in [5.41, 5.74) is 0.522. The van der Waals surface area contributed by atoms with E-state index in [1.807, 2.05) is 17.5 Å². The van der Waals surface area contributed by atoms with E-state index >= 15 is 0 Å². The van der Waals surface area contributed by atoms with Crippen LogP contribution in [0.3, 0.4) is 0 Å². The second-order valence-corrected chi connectivity index (χ2v) is 5.87. The van der Waals surface area contributed by atoms with Crippen LogP contribution in [0.1, 0.15) is 15.2 Å². The van der Waals surface area contributed by atoms with Crippen LogP contribution in [-0.4, -0.2) is 17.1 Å². The van der Waals surface area contributed by atoms with Crippen molar-refractivity contribution in [3.05, 3.63) is 50.6 Å². The number of rotatable bonds is 4. The first kappa shape index (κ1) is 14.5. The van der Waals surface area contributed by atoms with E-state index in [9.17, 15) is 9.59 Å². The number of nitrogens with one attached hydrogen (secondary N) is 2. The molecule has 20 heavy (non-hydrogen) atoms. The van der Waals surface area contributed by atoms with E-state index in [0.717, 1.165) is 4.88 Å². The number of carbonyl (C=O) groups is 2. The fraction of sp³-hybridized carbons (Fsp3) is 0.0769. The molecule has 0 aliphatic heterocycles. The molecule has 2 amide bonds. The van der Waals surface area contributed by atoms with Crippen molar-refractivity contribution in [3.63, 3.8) is 0 Å². The van der Waals surface area contributed by atoms with Gasteiger partial charge in [0, 0.05) is 15.0 Å². The quantitative estimate of drug-likeness (QED) is 0.785. The Morgan fingerprint density at radius 3 is 2.75 bits per heavy atom. The van der Waals surface area contributed by atoms with Crippen molar-refractivity contribution in [1.29, 1.82) is 0 Å². The van der Waals surface area contributed by atoms with Crippen LogP contribution in [0.5, 0.6) is 0 Å². The van der Waals surface area contributed by atoms with Crippen LogP contribution >= 0.6 is 27.3 Å². The molecule has 2 aromatic rings. The summed E-state index contributed by atoms with van der Waals surface area (Å²) in [4.78, 5) is 23.7. The molecule has 0 unspecified atom stereocenters. The smallest absolute Gasteiger partial charge is 0.335 e.